The highest BCUT2D eigenvalue weighted by Crippen LogP contribution is 2.28. The highest BCUT2D eigenvalue weighted by Gasteiger charge is 2.24. The molecule has 0 saturated heterocycles. The number of sulfonamides is 1. The van der Waals surface area contributed by atoms with Crippen molar-refractivity contribution in [2.24, 2.45) is 4.40 Å². The van der Waals surface area contributed by atoms with Gasteiger partial charge in [0.2, 0.25) is 0 Å². The summed E-state index contributed by atoms with van der Waals surface area (Å²) in [5.41, 5.74) is 0.554. The van der Waals surface area contributed by atoms with Gasteiger partial charge < -0.3 is 9.88 Å². The third kappa shape index (κ3) is 2.86. The van der Waals surface area contributed by atoms with Crippen molar-refractivity contribution in [2.45, 2.75) is 29.9 Å². The zero-order valence-electron chi connectivity index (χ0n) is 12.1. The van der Waals surface area contributed by atoms with Crippen LogP contribution in [0.25, 0.3) is 0 Å². The summed E-state index contributed by atoms with van der Waals surface area (Å²) in [4.78, 5) is 0.203. The predicted octanol–water partition coefficient (Wildman–Crippen LogP) is 2.16. The fourth-order valence-corrected chi connectivity index (χ4v) is 4.19. The smallest absolute Gasteiger partial charge is 0.286 e. The minimum absolute atomic E-state index is 0.203. The average Bonchev–Trinajstić information content (AvgIpc) is 2.93. The maximum atomic E-state index is 12.1. The van der Waals surface area contributed by atoms with E-state index in [4.69, 9.17) is 0 Å². The van der Waals surface area contributed by atoms with E-state index >= 15 is 0 Å². The lowest BCUT2D eigenvalue weighted by Gasteiger charge is -2.17. The molecular weight excluding hydrogens is 322 g/mol. The SMILES string of the molecule is CC(C)n1cnnc1SCC1=NS(=O)(=O)c2ccccc2N1. The second kappa shape index (κ2) is 5.73. The summed E-state index contributed by atoms with van der Waals surface area (Å²) >= 11 is 1.40. The quantitative estimate of drug-likeness (QED) is 0.860. The van der Waals surface area contributed by atoms with Gasteiger partial charge in [-0.2, -0.15) is 8.42 Å². The molecule has 0 unspecified atom stereocenters. The average molecular weight is 337 g/mol. The molecule has 0 saturated carbocycles. The van der Waals surface area contributed by atoms with Crippen molar-refractivity contribution in [3.63, 3.8) is 0 Å². The van der Waals surface area contributed by atoms with Gasteiger partial charge in [0.25, 0.3) is 10.0 Å². The fourth-order valence-electron chi connectivity index (χ4n) is 2.05. The van der Waals surface area contributed by atoms with Crippen LogP contribution >= 0.6 is 11.8 Å². The van der Waals surface area contributed by atoms with Gasteiger partial charge in [0.15, 0.2) is 5.16 Å². The molecule has 7 nitrogen and oxygen atoms in total. The number of anilines is 1. The number of hydrogen-bond donors (Lipinski definition) is 1. The molecule has 1 N–H and O–H groups in total. The van der Waals surface area contributed by atoms with Crippen LogP contribution in [-0.4, -0.2) is 34.8 Å². The molecule has 1 aliphatic heterocycles. The Kier molecular flexibility index (Phi) is 3.92. The molecule has 0 spiro atoms. The zero-order chi connectivity index (χ0) is 15.7. The Balaban J connectivity index is 1.80. The molecule has 1 aromatic carbocycles. The number of para-hydroxylation sites is 1. The molecule has 0 bridgehead atoms. The molecule has 1 aliphatic rings. The first-order valence-corrected chi connectivity index (χ1v) is 9.12. The maximum Gasteiger partial charge on any atom is 0.286 e. The molecule has 0 amide bonds. The number of fused-ring (bicyclic) bond motifs is 1. The van der Waals surface area contributed by atoms with Crippen LogP contribution < -0.4 is 5.32 Å². The maximum absolute atomic E-state index is 12.1. The first-order chi connectivity index (χ1) is 10.5. The Morgan fingerprint density at radius 1 is 1.32 bits per heavy atom. The Morgan fingerprint density at radius 3 is 2.86 bits per heavy atom. The van der Waals surface area contributed by atoms with Crippen LogP contribution in [0.15, 0.2) is 45.0 Å². The van der Waals surface area contributed by atoms with E-state index in [1.54, 1.807) is 30.6 Å². The highest BCUT2D eigenvalue weighted by atomic mass is 32.2. The van der Waals surface area contributed by atoms with Crippen LogP contribution in [0.5, 0.6) is 0 Å². The summed E-state index contributed by atoms with van der Waals surface area (Å²) in [5, 5.41) is 11.7. The molecule has 3 rings (SSSR count). The summed E-state index contributed by atoms with van der Waals surface area (Å²) in [7, 11) is -3.64. The minimum atomic E-state index is -3.64. The standard InChI is InChI=1S/C13H15N5O2S2/c1-9(2)18-8-14-16-13(18)21-7-12-15-10-5-3-4-6-11(10)22(19,20)17-12/h3-6,8-9H,7H2,1-2H3,(H,15,17). The lowest BCUT2D eigenvalue weighted by atomic mass is 10.3. The van der Waals surface area contributed by atoms with Crippen LogP contribution in [0.1, 0.15) is 19.9 Å². The summed E-state index contributed by atoms with van der Waals surface area (Å²) in [6.07, 6.45) is 1.66. The van der Waals surface area contributed by atoms with Gasteiger partial charge in [-0.1, -0.05) is 23.9 Å². The number of rotatable bonds is 4. The van der Waals surface area contributed by atoms with E-state index < -0.39 is 10.0 Å². The van der Waals surface area contributed by atoms with Crippen LogP contribution in [0, 0.1) is 0 Å². The van der Waals surface area contributed by atoms with E-state index in [0.29, 0.717) is 17.3 Å². The van der Waals surface area contributed by atoms with Crippen molar-refractivity contribution < 1.29 is 8.42 Å². The zero-order valence-corrected chi connectivity index (χ0v) is 13.7. The van der Waals surface area contributed by atoms with E-state index in [0.717, 1.165) is 5.16 Å². The molecule has 2 heterocycles. The Labute approximate surface area is 132 Å². The van der Waals surface area contributed by atoms with Crippen molar-refractivity contribution in [3.8, 4) is 0 Å². The largest absolute Gasteiger partial charge is 0.341 e. The molecule has 0 atom stereocenters. The van der Waals surface area contributed by atoms with Gasteiger partial charge in [-0.25, -0.2) is 0 Å². The van der Waals surface area contributed by atoms with Crippen molar-refractivity contribution in [1.82, 2.24) is 14.8 Å². The summed E-state index contributed by atoms with van der Waals surface area (Å²) < 4.78 is 30.1. The number of benzene rings is 1. The third-order valence-electron chi connectivity index (χ3n) is 3.11. The first kappa shape index (κ1) is 15.0. The van der Waals surface area contributed by atoms with Crippen LogP contribution in [0.4, 0.5) is 5.69 Å². The van der Waals surface area contributed by atoms with E-state index in [2.05, 4.69) is 19.9 Å². The lowest BCUT2D eigenvalue weighted by molar-refractivity contribution is 0.549. The molecule has 0 radical (unpaired) electrons. The Morgan fingerprint density at radius 2 is 2.09 bits per heavy atom. The minimum Gasteiger partial charge on any atom is -0.341 e. The number of hydrogen-bond acceptors (Lipinski definition) is 6. The van der Waals surface area contributed by atoms with Gasteiger partial charge in [-0.3, -0.25) is 0 Å². The van der Waals surface area contributed by atoms with Gasteiger partial charge in [-0.05, 0) is 26.0 Å². The predicted molar refractivity (Wildman–Crippen MR) is 85.8 cm³/mol. The Bertz CT molecular complexity index is 826. The number of nitrogens with one attached hydrogen (secondary N) is 1. The second-order valence-corrected chi connectivity index (χ2v) is 7.55. The topological polar surface area (TPSA) is 89.2 Å². The van der Waals surface area contributed by atoms with E-state index in [1.807, 2.05) is 18.4 Å². The van der Waals surface area contributed by atoms with Crippen LogP contribution in [0.3, 0.4) is 0 Å². The molecular formula is C13H15N5O2S2. The molecule has 2 aromatic rings. The summed E-state index contributed by atoms with van der Waals surface area (Å²) in [5.74, 6) is 0.765. The molecule has 116 valence electrons. The normalized spacial score (nSPS) is 16.0. The van der Waals surface area contributed by atoms with Gasteiger partial charge >= 0.3 is 0 Å². The second-order valence-electron chi connectivity index (χ2n) is 5.04. The fraction of sp³-hybridized carbons (Fsp3) is 0.308. The van der Waals surface area contributed by atoms with Crippen molar-refractivity contribution >= 4 is 33.3 Å². The highest BCUT2D eigenvalue weighted by molar-refractivity contribution is 8.00. The first-order valence-electron chi connectivity index (χ1n) is 6.69. The Hall–Kier alpha value is -1.87. The number of thioether (sulfide) groups is 1. The monoisotopic (exact) mass is 337 g/mol. The molecule has 0 fully saturated rings. The third-order valence-corrected chi connectivity index (χ3v) is 5.45. The summed E-state index contributed by atoms with van der Waals surface area (Å²) in [6, 6.07) is 6.97. The number of amidine groups is 1. The molecule has 22 heavy (non-hydrogen) atoms. The van der Waals surface area contributed by atoms with Gasteiger partial charge in [0, 0.05) is 6.04 Å². The van der Waals surface area contributed by atoms with Gasteiger partial charge in [0.1, 0.15) is 17.1 Å². The van der Waals surface area contributed by atoms with Gasteiger partial charge in [0.05, 0.1) is 11.4 Å². The number of nitrogens with zero attached hydrogens (tertiary/aromatic N) is 4. The van der Waals surface area contributed by atoms with Crippen LogP contribution in [0.2, 0.25) is 0 Å². The molecule has 0 aliphatic carbocycles. The molecule has 9 heteroatoms. The molecule has 1 aromatic heterocycles. The van der Waals surface area contributed by atoms with Crippen molar-refractivity contribution in [1.29, 1.82) is 0 Å². The summed E-state index contributed by atoms with van der Waals surface area (Å²) in [6.45, 7) is 4.06. The van der Waals surface area contributed by atoms with E-state index in [9.17, 15) is 8.42 Å². The van der Waals surface area contributed by atoms with Crippen molar-refractivity contribution in [2.75, 3.05) is 11.1 Å². The lowest BCUT2D eigenvalue weighted by Crippen LogP contribution is -2.23. The van der Waals surface area contributed by atoms with Crippen molar-refractivity contribution in [3.05, 3.63) is 30.6 Å². The van der Waals surface area contributed by atoms with Crippen LogP contribution in [-0.2, 0) is 10.0 Å². The van der Waals surface area contributed by atoms with Gasteiger partial charge in [-0.15, -0.1) is 14.6 Å². The van der Waals surface area contributed by atoms with E-state index in [1.165, 1.54) is 11.8 Å². The number of aromatic nitrogens is 3. The van der Waals surface area contributed by atoms with E-state index in [-0.39, 0.29) is 10.9 Å².